The zero-order valence-electron chi connectivity index (χ0n) is 28.1. The number of nitrogens with zero attached hydrogens (tertiary/aromatic N) is 3. The molecule has 2 aromatic heterocycles. The summed E-state index contributed by atoms with van der Waals surface area (Å²) < 4.78 is 4.92. The Labute approximate surface area is 259 Å². The molecule has 0 saturated heterocycles. The first-order valence-corrected chi connectivity index (χ1v) is 15.2. The van der Waals surface area contributed by atoms with Crippen LogP contribution in [0.15, 0.2) is 51.9 Å². The van der Waals surface area contributed by atoms with Crippen molar-refractivity contribution in [2.75, 3.05) is 18.0 Å². The van der Waals surface area contributed by atoms with Gasteiger partial charge >= 0.3 is 6.01 Å². The van der Waals surface area contributed by atoms with E-state index >= 15 is 0 Å². The summed E-state index contributed by atoms with van der Waals surface area (Å²) in [5.74, 6) is 0.527. The van der Waals surface area contributed by atoms with E-state index in [-0.39, 0.29) is 28.9 Å². The highest BCUT2D eigenvalue weighted by Gasteiger charge is 2.22. The van der Waals surface area contributed by atoms with Crippen molar-refractivity contribution < 1.29 is 14.3 Å². The van der Waals surface area contributed by atoms with E-state index in [1.165, 1.54) is 70.5 Å². The van der Waals surface area contributed by atoms with Gasteiger partial charge in [0.15, 0.2) is 5.78 Å². The highest BCUT2D eigenvalue weighted by Crippen LogP contribution is 2.20. The molecular weight excluding hydrogens is 544 g/mol. The number of aliphatic hydroxyl groups is 1. The fraction of sp³-hybridized carbons (Fsp3) is 0.576. The van der Waals surface area contributed by atoms with Crippen molar-refractivity contribution in [1.82, 2.24) is 20.1 Å². The van der Waals surface area contributed by atoms with E-state index in [0.717, 1.165) is 17.7 Å². The van der Waals surface area contributed by atoms with Gasteiger partial charge in [-0.25, -0.2) is 0 Å². The summed E-state index contributed by atoms with van der Waals surface area (Å²) in [6.07, 6.45) is 11.2. The maximum Gasteiger partial charge on any atom is 0.313 e. The Bertz CT molecular complexity index is 1150. The van der Waals surface area contributed by atoms with Crippen LogP contribution >= 0.6 is 0 Å². The lowest BCUT2D eigenvalue weighted by molar-refractivity contribution is 0.101. The molecule has 0 amide bonds. The summed E-state index contributed by atoms with van der Waals surface area (Å²) in [6.45, 7) is 26.4. The summed E-state index contributed by atoms with van der Waals surface area (Å²) in [6, 6.07) is 4.43. The van der Waals surface area contributed by atoms with Gasteiger partial charge in [0, 0.05) is 23.7 Å². The lowest BCUT2D eigenvalue weighted by Crippen LogP contribution is -2.43. The van der Waals surface area contributed by atoms with Crippen LogP contribution in [0.4, 0.5) is 11.8 Å². The van der Waals surface area contributed by atoms with Gasteiger partial charge in [0.1, 0.15) is 11.6 Å². The number of nitrogens with one attached hydrogen (secondary N) is 1. The minimum absolute atomic E-state index is 0.0648. The van der Waals surface area contributed by atoms with Gasteiger partial charge < -0.3 is 26.0 Å². The molecule has 0 fully saturated rings. The number of hydrogen-bond donors (Lipinski definition) is 4. The highest BCUT2D eigenvalue weighted by molar-refractivity contribution is 5.98. The van der Waals surface area contributed by atoms with Gasteiger partial charge in [0.05, 0.1) is 5.56 Å². The largest absolute Gasteiger partial charge is 0.508 e. The normalized spacial score (nSPS) is 10.7. The Kier molecular flexibility index (Phi) is 23.0. The minimum atomic E-state index is -0.299. The molecule has 10 nitrogen and oxygen atoms in total. The third kappa shape index (κ3) is 17.8. The second kappa shape index (κ2) is 23.9. The summed E-state index contributed by atoms with van der Waals surface area (Å²) in [5, 5.41) is 15.5. The molecule has 2 rings (SSSR count). The van der Waals surface area contributed by atoms with Crippen molar-refractivity contribution in [3.63, 3.8) is 0 Å². The maximum atomic E-state index is 10.8. The topological polar surface area (TPSA) is 164 Å². The number of H-pyrrole nitrogens is 1. The number of Topliss-reactive ketones (excluding diaryl/α,β-unsaturated/α-hetero) is 1. The van der Waals surface area contributed by atoms with Crippen molar-refractivity contribution in [2.45, 2.75) is 119 Å². The van der Waals surface area contributed by atoms with Gasteiger partial charge in [0.25, 0.3) is 0 Å². The molecule has 0 aliphatic rings. The fourth-order valence-electron chi connectivity index (χ4n) is 4.14. The van der Waals surface area contributed by atoms with E-state index < -0.39 is 0 Å². The third-order valence-corrected chi connectivity index (χ3v) is 6.64. The number of hydrogen-bond acceptors (Lipinski definition) is 9. The number of ketones is 1. The molecule has 0 aromatic carbocycles. The van der Waals surface area contributed by atoms with Crippen LogP contribution in [-0.4, -0.2) is 49.6 Å². The van der Waals surface area contributed by atoms with E-state index in [1.807, 2.05) is 19.9 Å². The SMILES string of the molecule is C/C=C(\C)c1nnc(N)o1.C=C(C)C(=C)O.CC(=O)c1ccc(=O)[nH]c1N.CCCC(CCC)N(CCC)C(CC)CC. The van der Waals surface area contributed by atoms with Crippen LogP contribution in [0.25, 0.3) is 5.57 Å². The minimum Gasteiger partial charge on any atom is -0.508 e. The number of aliphatic hydroxyl groups excluding tert-OH is 1. The second-order valence-corrected chi connectivity index (χ2v) is 10.3. The number of carbonyl (C=O) groups excluding carboxylic acids is 1. The quantitative estimate of drug-likeness (QED) is 0.102. The number of pyridine rings is 1. The van der Waals surface area contributed by atoms with Crippen LogP contribution in [0.5, 0.6) is 0 Å². The molecule has 2 heterocycles. The fourth-order valence-corrected chi connectivity index (χ4v) is 4.14. The van der Waals surface area contributed by atoms with Crippen molar-refractivity contribution in [3.05, 3.63) is 64.5 Å². The molecule has 0 atom stereocenters. The molecule has 0 radical (unpaired) electrons. The molecule has 244 valence electrons. The Morgan fingerprint density at radius 2 is 1.53 bits per heavy atom. The van der Waals surface area contributed by atoms with Gasteiger partial charge in [0.2, 0.25) is 11.4 Å². The number of nitrogen functional groups attached to an aromatic ring is 2. The number of allylic oxidation sites excluding steroid dienone is 3. The molecule has 0 saturated carbocycles. The van der Waals surface area contributed by atoms with E-state index in [1.54, 1.807) is 6.92 Å². The van der Waals surface area contributed by atoms with Crippen molar-refractivity contribution in [3.8, 4) is 0 Å². The number of aromatic amines is 1. The van der Waals surface area contributed by atoms with E-state index in [0.29, 0.717) is 17.0 Å². The predicted molar refractivity (Wildman–Crippen MR) is 181 cm³/mol. The maximum absolute atomic E-state index is 10.8. The van der Waals surface area contributed by atoms with Crippen LogP contribution in [-0.2, 0) is 0 Å². The number of carbonyl (C=O) groups is 1. The lowest BCUT2D eigenvalue weighted by Gasteiger charge is -2.37. The molecule has 0 aliphatic carbocycles. The molecule has 0 aliphatic heterocycles. The highest BCUT2D eigenvalue weighted by atomic mass is 16.4. The van der Waals surface area contributed by atoms with Crippen LogP contribution in [0.2, 0.25) is 0 Å². The zero-order chi connectivity index (χ0) is 33.5. The molecule has 6 N–H and O–H groups in total. The molecule has 0 spiro atoms. The first-order valence-electron chi connectivity index (χ1n) is 15.2. The predicted octanol–water partition coefficient (Wildman–Crippen LogP) is 7.72. The third-order valence-electron chi connectivity index (χ3n) is 6.64. The Morgan fingerprint density at radius 3 is 1.86 bits per heavy atom. The summed E-state index contributed by atoms with van der Waals surface area (Å²) in [4.78, 5) is 26.5. The average molecular weight is 603 g/mol. The first kappa shape index (κ1) is 41.5. The molecule has 0 unspecified atom stereocenters. The standard InChI is InChI=1S/C15H33N.C7H8N2O2.C6H9N3O.C5H8O/c1-6-11-15(12-7-2)16(13-8-3)14(9-4)10-5;1-4(10)5-2-3-6(11)9-7(5)8;1-3-4(2)5-8-9-6(7)10-5;1-4(2)5(3)6/h14-15H,6-13H2,1-5H3;2-3H,1H3,(H3,8,9,11);3H,1-2H3,(H2,7,9);6H,1,3H2,2H3/b;;4-3+;. The molecule has 0 bridgehead atoms. The van der Waals surface area contributed by atoms with Crippen LogP contribution in [0, 0.1) is 0 Å². The van der Waals surface area contributed by atoms with Gasteiger partial charge in [-0.1, -0.05) is 71.8 Å². The summed E-state index contributed by atoms with van der Waals surface area (Å²) in [5.41, 5.74) is 12.2. The van der Waals surface area contributed by atoms with Crippen molar-refractivity contribution in [1.29, 1.82) is 0 Å². The monoisotopic (exact) mass is 602 g/mol. The van der Waals surface area contributed by atoms with Gasteiger partial charge in [-0.2, -0.15) is 0 Å². The van der Waals surface area contributed by atoms with Crippen LogP contribution in [0.1, 0.15) is 124 Å². The summed E-state index contributed by atoms with van der Waals surface area (Å²) in [7, 11) is 0. The number of nitrogens with two attached hydrogens (primary N) is 2. The zero-order valence-corrected chi connectivity index (χ0v) is 28.1. The smallest absolute Gasteiger partial charge is 0.313 e. The molecule has 10 heteroatoms. The van der Waals surface area contributed by atoms with E-state index in [2.05, 4.69) is 67.9 Å². The van der Waals surface area contributed by atoms with E-state index in [4.69, 9.17) is 21.0 Å². The molecular formula is C33H58N6O4. The van der Waals surface area contributed by atoms with Crippen LogP contribution in [0.3, 0.4) is 0 Å². The molecule has 2 aromatic rings. The van der Waals surface area contributed by atoms with Crippen molar-refractivity contribution >= 4 is 23.2 Å². The van der Waals surface area contributed by atoms with Crippen molar-refractivity contribution in [2.24, 2.45) is 0 Å². The van der Waals surface area contributed by atoms with Crippen LogP contribution < -0.4 is 17.0 Å². The second-order valence-electron chi connectivity index (χ2n) is 10.3. The Balaban J connectivity index is 0. The first-order chi connectivity index (χ1) is 20.2. The van der Waals surface area contributed by atoms with Gasteiger partial charge in [-0.05, 0) is 78.0 Å². The number of rotatable bonds is 13. The average Bonchev–Trinajstić information content (AvgIpc) is 3.39. The van der Waals surface area contributed by atoms with Gasteiger partial charge in [-0.3, -0.25) is 14.5 Å². The number of aromatic nitrogens is 3. The van der Waals surface area contributed by atoms with E-state index in [9.17, 15) is 9.59 Å². The molecule has 43 heavy (non-hydrogen) atoms. The summed E-state index contributed by atoms with van der Waals surface area (Å²) >= 11 is 0. The number of anilines is 2. The lowest BCUT2D eigenvalue weighted by atomic mass is 10.00. The Hall–Kier alpha value is -3.66. The Morgan fingerprint density at radius 1 is 1.00 bits per heavy atom. The van der Waals surface area contributed by atoms with Gasteiger partial charge in [-0.15, -0.1) is 5.10 Å².